The van der Waals surface area contributed by atoms with Gasteiger partial charge in [0.2, 0.25) is 21.6 Å². The van der Waals surface area contributed by atoms with Gasteiger partial charge in [-0.3, -0.25) is 0 Å². The van der Waals surface area contributed by atoms with Gasteiger partial charge in [-0.15, -0.1) is 0 Å². The number of aromatic nitrogens is 1. The Balaban J connectivity index is 1.63. The second-order valence-corrected chi connectivity index (χ2v) is 9.08. The largest absolute Gasteiger partial charge is 0.455 e. The Morgan fingerprint density at radius 3 is 2.58 bits per heavy atom. The van der Waals surface area contributed by atoms with Crippen LogP contribution in [-0.2, 0) is 21.3 Å². The first-order valence-electron chi connectivity index (χ1n) is 9.75. The molecule has 2 aromatic heterocycles. The van der Waals surface area contributed by atoms with Crippen LogP contribution in [0.1, 0.15) is 17.0 Å². The summed E-state index contributed by atoms with van der Waals surface area (Å²) < 4.78 is 44.1. The molecule has 1 aliphatic heterocycles. The fourth-order valence-electron chi connectivity index (χ4n) is 3.43. The molecule has 0 spiro atoms. The minimum atomic E-state index is -3.73. The van der Waals surface area contributed by atoms with Crippen LogP contribution in [0.5, 0.6) is 0 Å². The smallest absolute Gasteiger partial charge is 0.266 e. The van der Waals surface area contributed by atoms with Gasteiger partial charge in [-0.2, -0.15) is 14.6 Å². The zero-order valence-electron chi connectivity index (χ0n) is 17.2. The Bertz CT molecular complexity index is 1200. The van der Waals surface area contributed by atoms with Crippen LogP contribution in [0.2, 0.25) is 0 Å². The highest BCUT2D eigenvalue weighted by atomic mass is 32.2. The van der Waals surface area contributed by atoms with Crippen LogP contribution in [0.3, 0.4) is 0 Å². The van der Waals surface area contributed by atoms with Crippen LogP contribution < -0.4 is 4.90 Å². The van der Waals surface area contributed by atoms with Gasteiger partial charge in [-0.25, -0.2) is 8.42 Å². The van der Waals surface area contributed by atoms with Crippen molar-refractivity contribution >= 4 is 15.9 Å². The van der Waals surface area contributed by atoms with Crippen LogP contribution >= 0.6 is 0 Å². The Kier molecular flexibility index (Phi) is 5.82. The normalized spacial score (nSPS) is 15.0. The van der Waals surface area contributed by atoms with Gasteiger partial charge < -0.3 is 18.5 Å². The number of hydrogen-bond acceptors (Lipinski definition) is 8. The van der Waals surface area contributed by atoms with E-state index < -0.39 is 10.0 Å². The molecule has 0 atom stereocenters. The summed E-state index contributed by atoms with van der Waals surface area (Å²) in [6.45, 7) is 3.37. The molecule has 162 valence electrons. The number of ether oxygens (including phenoxy) is 1. The lowest BCUT2D eigenvalue weighted by Gasteiger charge is -2.25. The van der Waals surface area contributed by atoms with Crippen molar-refractivity contribution in [3.05, 3.63) is 53.4 Å². The van der Waals surface area contributed by atoms with E-state index in [1.807, 2.05) is 36.4 Å². The van der Waals surface area contributed by atoms with Crippen LogP contribution in [0.4, 0.5) is 5.88 Å². The monoisotopic (exact) mass is 442 g/mol. The van der Waals surface area contributed by atoms with Crippen molar-refractivity contribution in [2.24, 2.45) is 0 Å². The molecule has 0 bridgehead atoms. The molecule has 3 heterocycles. The van der Waals surface area contributed by atoms with E-state index in [0.29, 0.717) is 19.8 Å². The number of rotatable bonds is 6. The van der Waals surface area contributed by atoms with Crippen molar-refractivity contribution in [2.75, 3.05) is 38.3 Å². The molecule has 0 unspecified atom stereocenters. The summed E-state index contributed by atoms with van der Waals surface area (Å²) in [6.07, 6.45) is 0. The average Bonchev–Trinajstić information content (AvgIpc) is 3.39. The van der Waals surface area contributed by atoms with E-state index >= 15 is 0 Å². The predicted molar refractivity (Wildman–Crippen MR) is 112 cm³/mol. The van der Waals surface area contributed by atoms with Crippen molar-refractivity contribution in [3.8, 4) is 17.7 Å². The van der Waals surface area contributed by atoms with Crippen LogP contribution in [-0.4, -0.2) is 51.1 Å². The second-order valence-electron chi connectivity index (χ2n) is 7.17. The van der Waals surface area contributed by atoms with E-state index in [1.54, 1.807) is 18.9 Å². The number of benzene rings is 1. The summed E-state index contributed by atoms with van der Waals surface area (Å²) in [6, 6.07) is 13.2. The van der Waals surface area contributed by atoms with E-state index in [1.165, 1.54) is 10.4 Å². The van der Waals surface area contributed by atoms with Gasteiger partial charge >= 0.3 is 0 Å². The highest BCUT2D eigenvalue weighted by Gasteiger charge is 2.31. The van der Waals surface area contributed by atoms with Crippen molar-refractivity contribution in [2.45, 2.75) is 18.4 Å². The summed E-state index contributed by atoms with van der Waals surface area (Å²) >= 11 is 0. The third-order valence-corrected chi connectivity index (χ3v) is 7.00. The molecule has 1 aliphatic rings. The minimum absolute atomic E-state index is 0.0537. The van der Waals surface area contributed by atoms with Crippen LogP contribution in [0.25, 0.3) is 11.7 Å². The average molecular weight is 442 g/mol. The Morgan fingerprint density at radius 1 is 1.19 bits per heavy atom. The molecule has 0 saturated carbocycles. The lowest BCUT2D eigenvalue weighted by atomic mass is 10.2. The summed E-state index contributed by atoms with van der Waals surface area (Å²) in [5.41, 5.74) is 1.14. The van der Waals surface area contributed by atoms with E-state index in [2.05, 4.69) is 4.98 Å². The fourth-order valence-corrected chi connectivity index (χ4v) is 5.00. The SMILES string of the molecule is Cc1oc(-c2nc(C#N)c(N(C)Cc3ccccc3)o2)cc1S(=O)(=O)N1CCOCC1. The first-order valence-corrected chi connectivity index (χ1v) is 11.2. The van der Waals surface area contributed by atoms with E-state index in [9.17, 15) is 13.7 Å². The van der Waals surface area contributed by atoms with Gasteiger partial charge in [-0.05, 0) is 12.5 Å². The first-order chi connectivity index (χ1) is 14.9. The first kappa shape index (κ1) is 21.1. The van der Waals surface area contributed by atoms with Crippen molar-refractivity contribution < 1.29 is 22.0 Å². The molecule has 0 N–H and O–H groups in total. The number of nitriles is 1. The number of furan rings is 1. The summed E-state index contributed by atoms with van der Waals surface area (Å²) in [5.74, 6) is 0.726. The highest BCUT2D eigenvalue weighted by molar-refractivity contribution is 7.89. The molecule has 0 radical (unpaired) electrons. The molecule has 10 heteroatoms. The molecule has 0 aliphatic carbocycles. The van der Waals surface area contributed by atoms with Crippen molar-refractivity contribution in [1.29, 1.82) is 5.26 Å². The third-order valence-electron chi connectivity index (χ3n) is 5.00. The Labute approximate surface area is 180 Å². The van der Waals surface area contributed by atoms with Crippen LogP contribution in [0.15, 0.2) is 50.1 Å². The van der Waals surface area contributed by atoms with Crippen molar-refractivity contribution in [1.82, 2.24) is 9.29 Å². The standard InChI is InChI=1S/C21H22N4O5S/c1-15-19(31(26,27)25-8-10-28-11-9-25)12-18(29-15)20-23-17(13-22)21(30-20)24(2)14-16-6-4-3-5-7-16/h3-7,12H,8-11,14H2,1-2H3. The van der Waals surface area contributed by atoms with Crippen molar-refractivity contribution in [3.63, 3.8) is 0 Å². The number of oxazole rings is 1. The summed E-state index contributed by atoms with van der Waals surface area (Å²) in [5, 5.41) is 9.51. The maximum atomic E-state index is 13.0. The zero-order valence-corrected chi connectivity index (χ0v) is 18.1. The minimum Gasteiger partial charge on any atom is -0.455 e. The maximum Gasteiger partial charge on any atom is 0.266 e. The van der Waals surface area contributed by atoms with Gasteiger partial charge in [0.1, 0.15) is 16.7 Å². The molecule has 1 fully saturated rings. The number of hydrogen-bond donors (Lipinski definition) is 0. The lowest BCUT2D eigenvalue weighted by molar-refractivity contribution is 0.0730. The number of morpholine rings is 1. The van der Waals surface area contributed by atoms with Crippen LogP contribution in [0, 0.1) is 18.3 Å². The molecule has 9 nitrogen and oxygen atoms in total. The lowest BCUT2D eigenvalue weighted by Crippen LogP contribution is -2.40. The number of aryl methyl sites for hydroxylation is 1. The van der Waals surface area contributed by atoms with E-state index in [4.69, 9.17) is 13.6 Å². The molecule has 0 amide bonds. The number of anilines is 1. The molecular weight excluding hydrogens is 420 g/mol. The highest BCUT2D eigenvalue weighted by Crippen LogP contribution is 2.33. The Morgan fingerprint density at radius 2 is 1.90 bits per heavy atom. The number of nitrogens with zero attached hydrogens (tertiary/aromatic N) is 4. The maximum absolute atomic E-state index is 13.0. The zero-order chi connectivity index (χ0) is 22.0. The third kappa shape index (κ3) is 4.20. The molecule has 1 aromatic carbocycles. The van der Waals surface area contributed by atoms with Gasteiger partial charge in [0.25, 0.3) is 5.89 Å². The number of sulfonamides is 1. The molecule has 4 rings (SSSR count). The summed E-state index contributed by atoms with van der Waals surface area (Å²) in [4.78, 5) is 6.04. The van der Waals surface area contributed by atoms with Gasteiger partial charge in [0, 0.05) is 32.7 Å². The van der Waals surface area contributed by atoms with Gasteiger partial charge in [0.15, 0.2) is 5.76 Å². The van der Waals surface area contributed by atoms with Gasteiger partial charge in [-0.1, -0.05) is 30.3 Å². The molecule has 31 heavy (non-hydrogen) atoms. The molecular formula is C21H22N4O5S. The van der Waals surface area contributed by atoms with E-state index in [-0.39, 0.29) is 47.0 Å². The predicted octanol–water partition coefficient (Wildman–Crippen LogP) is 2.77. The quantitative estimate of drug-likeness (QED) is 0.573. The molecule has 3 aromatic rings. The summed E-state index contributed by atoms with van der Waals surface area (Å²) in [7, 11) is -1.94. The second kappa shape index (κ2) is 8.55. The van der Waals surface area contributed by atoms with Gasteiger partial charge in [0.05, 0.1) is 13.2 Å². The van der Waals surface area contributed by atoms with E-state index in [0.717, 1.165) is 5.56 Å². The molecule has 1 saturated heterocycles. The Hall–Kier alpha value is -3.13. The topological polar surface area (TPSA) is 113 Å². The fraction of sp³-hybridized carbons (Fsp3) is 0.333.